The average Bonchev–Trinajstić information content (AvgIpc) is 3.06. The maximum atomic E-state index is 12.4. The first kappa shape index (κ1) is 17.5. The Kier molecular flexibility index (Phi) is 5.07. The van der Waals surface area contributed by atoms with Gasteiger partial charge in [0.15, 0.2) is 5.82 Å². The number of nitrogens with zero attached hydrogens (tertiary/aromatic N) is 6. The number of rotatable bonds is 3. The summed E-state index contributed by atoms with van der Waals surface area (Å²) in [5.74, 6) is 0.956. The van der Waals surface area contributed by atoms with Crippen molar-refractivity contribution in [3.05, 3.63) is 46.3 Å². The third kappa shape index (κ3) is 3.39. The third-order valence-electron chi connectivity index (χ3n) is 4.21. The van der Waals surface area contributed by atoms with Gasteiger partial charge in [0.05, 0.1) is 11.4 Å². The van der Waals surface area contributed by atoms with E-state index >= 15 is 0 Å². The molecule has 1 aliphatic heterocycles. The van der Waals surface area contributed by atoms with Crippen molar-refractivity contribution in [3.63, 3.8) is 0 Å². The van der Waals surface area contributed by atoms with Crippen molar-refractivity contribution < 1.29 is 4.52 Å². The molecule has 132 valence electrons. The van der Waals surface area contributed by atoms with Gasteiger partial charge in [-0.15, -0.1) is 17.5 Å². The van der Waals surface area contributed by atoms with E-state index in [1.54, 1.807) is 18.2 Å². The molecule has 1 aromatic carbocycles. The molecule has 1 aliphatic rings. The number of aromatic nitrogens is 5. The largest absolute Gasteiger partial charge is 0.337 e. The van der Waals surface area contributed by atoms with E-state index in [0.717, 1.165) is 19.6 Å². The van der Waals surface area contributed by atoms with E-state index in [-0.39, 0.29) is 30.6 Å². The first-order chi connectivity index (χ1) is 11.7. The molecule has 4 rings (SSSR count). The number of halogens is 1. The Labute approximate surface area is 149 Å². The number of fused-ring (bicyclic) bond motifs is 1. The molecule has 0 bridgehead atoms. The van der Waals surface area contributed by atoms with Crippen molar-refractivity contribution in [3.8, 4) is 0 Å². The first-order valence-corrected chi connectivity index (χ1v) is 7.78. The molecule has 0 spiro atoms. The van der Waals surface area contributed by atoms with E-state index in [2.05, 4.69) is 30.7 Å². The highest BCUT2D eigenvalue weighted by Crippen LogP contribution is 2.17. The zero-order chi connectivity index (χ0) is 16.5. The molecule has 10 heteroatoms. The highest BCUT2D eigenvalue weighted by molar-refractivity contribution is 5.85. The SMILES string of the molecule is CN1CCNCC1c1noc(Cn2nnc3ccccc3c2=O)n1.Cl. The van der Waals surface area contributed by atoms with Crippen LogP contribution in [0.1, 0.15) is 17.8 Å². The number of hydrogen-bond donors (Lipinski definition) is 1. The highest BCUT2D eigenvalue weighted by Gasteiger charge is 2.25. The Balaban J connectivity index is 0.00000182. The molecule has 3 aromatic rings. The second-order valence-electron chi connectivity index (χ2n) is 5.82. The summed E-state index contributed by atoms with van der Waals surface area (Å²) < 4.78 is 6.53. The van der Waals surface area contributed by atoms with Crippen molar-refractivity contribution in [1.82, 2.24) is 35.4 Å². The van der Waals surface area contributed by atoms with Gasteiger partial charge in [0.1, 0.15) is 12.1 Å². The van der Waals surface area contributed by atoms with Crippen LogP contribution in [0.15, 0.2) is 33.6 Å². The lowest BCUT2D eigenvalue weighted by atomic mass is 10.2. The molecule has 2 aromatic heterocycles. The van der Waals surface area contributed by atoms with Gasteiger partial charge < -0.3 is 9.84 Å². The maximum Gasteiger partial charge on any atom is 0.278 e. The van der Waals surface area contributed by atoms with Crippen molar-refractivity contribution >= 4 is 23.3 Å². The molecule has 25 heavy (non-hydrogen) atoms. The van der Waals surface area contributed by atoms with Crippen molar-refractivity contribution in [2.45, 2.75) is 12.6 Å². The zero-order valence-corrected chi connectivity index (χ0v) is 14.4. The summed E-state index contributed by atoms with van der Waals surface area (Å²) >= 11 is 0. The lowest BCUT2D eigenvalue weighted by Gasteiger charge is -2.30. The van der Waals surface area contributed by atoms with Gasteiger partial charge in [-0.25, -0.2) is 4.68 Å². The van der Waals surface area contributed by atoms with Crippen molar-refractivity contribution in [2.75, 3.05) is 26.7 Å². The minimum Gasteiger partial charge on any atom is -0.337 e. The van der Waals surface area contributed by atoms with Gasteiger partial charge in [-0.3, -0.25) is 9.69 Å². The molecule has 3 heterocycles. The fourth-order valence-corrected chi connectivity index (χ4v) is 2.82. The summed E-state index contributed by atoms with van der Waals surface area (Å²) in [5.41, 5.74) is 0.344. The molecular weight excluding hydrogens is 346 g/mol. The second kappa shape index (κ2) is 7.26. The Morgan fingerprint density at radius 1 is 1.36 bits per heavy atom. The average molecular weight is 364 g/mol. The predicted molar refractivity (Wildman–Crippen MR) is 92.7 cm³/mol. The Morgan fingerprint density at radius 3 is 3.04 bits per heavy atom. The number of benzene rings is 1. The van der Waals surface area contributed by atoms with Gasteiger partial charge in [0, 0.05) is 19.6 Å². The lowest BCUT2D eigenvalue weighted by molar-refractivity contribution is 0.190. The Bertz CT molecular complexity index is 925. The summed E-state index contributed by atoms with van der Waals surface area (Å²) in [4.78, 5) is 19.0. The highest BCUT2D eigenvalue weighted by atomic mass is 35.5. The number of hydrogen-bond acceptors (Lipinski definition) is 8. The van der Waals surface area contributed by atoms with E-state index in [1.807, 2.05) is 13.1 Å². The zero-order valence-electron chi connectivity index (χ0n) is 13.6. The molecule has 1 fully saturated rings. The molecule has 9 nitrogen and oxygen atoms in total. The summed E-state index contributed by atoms with van der Waals surface area (Å²) in [6.07, 6.45) is 0. The maximum absolute atomic E-state index is 12.4. The molecule has 1 saturated heterocycles. The van der Waals surface area contributed by atoms with Gasteiger partial charge in [-0.05, 0) is 19.2 Å². The summed E-state index contributed by atoms with van der Waals surface area (Å²) in [5, 5.41) is 15.9. The predicted octanol–water partition coefficient (Wildman–Crippen LogP) is 0.221. The molecule has 0 aliphatic carbocycles. The second-order valence-corrected chi connectivity index (χ2v) is 5.82. The van der Waals surface area contributed by atoms with Crippen LogP contribution >= 0.6 is 12.4 Å². The quantitative estimate of drug-likeness (QED) is 0.705. The van der Waals surface area contributed by atoms with Crippen LogP contribution in [-0.4, -0.2) is 56.7 Å². The summed E-state index contributed by atoms with van der Waals surface area (Å²) in [6.45, 7) is 2.74. The first-order valence-electron chi connectivity index (χ1n) is 7.78. The minimum atomic E-state index is -0.225. The van der Waals surface area contributed by atoms with Gasteiger partial charge in [-0.2, -0.15) is 4.98 Å². The minimum absolute atomic E-state index is 0. The van der Waals surface area contributed by atoms with Gasteiger partial charge in [0.2, 0.25) is 5.89 Å². The number of likely N-dealkylation sites (N-methyl/N-ethyl adjacent to an activating group) is 1. The fourth-order valence-electron chi connectivity index (χ4n) is 2.82. The van der Waals surface area contributed by atoms with E-state index in [9.17, 15) is 4.79 Å². The third-order valence-corrected chi connectivity index (χ3v) is 4.21. The fraction of sp³-hybridized carbons (Fsp3) is 0.400. The standard InChI is InChI=1S/C15H17N7O2.ClH/c1-21-7-6-16-8-12(21)14-17-13(24-19-14)9-22-15(23)10-4-2-3-5-11(10)18-20-22;/h2-5,12,16H,6-9H2,1H3;1H. The van der Waals surface area contributed by atoms with E-state index in [0.29, 0.717) is 22.6 Å². The molecule has 1 N–H and O–H groups in total. The van der Waals surface area contributed by atoms with Gasteiger partial charge >= 0.3 is 0 Å². The van der Waals surface area contributed by atoms with Crippen molar-refractivity contribution in [2.24, 2.45) is 0 Å². The van der Waals surface area contributed by atoms with Crippen LogP contribution in [0.3, 0.4) is 0 Å². The van der Waals surface area contributed by atoms with Crippen LogP contribution in [0, 0.1) is 0 Å². The van der Waals surface area contributed by atoms with Crippen LogP contribution in [-0.2, 0) is 6.54 Å². The lowest BCUT2D eigenvalue weighted by Crippen LogP contribution is -2.44. The van der Waals surface area contributed by atoms with E-state index in [4.69, 9.17) is 4.52 Å². The number of piperazine rings is 1. The molecule has 0 amide bonds. The van der Waals surface area contributed by atoms with Crippen LogP contribution in [0.5, 0.6) is 0 Å². The van der Waals surface area contributed by atoms with Gasteiger partial charge in [-0.1, -0.05) is 22.5 Å². The summed E-state index contributed by atoms with van der Waals surface area (Å²) in [6, 6.07) is 7.16. The van der Waals surface area contributed by atoms with Crippen LogP contribution in [0.2, 0.25) is 0 Å². The molecule has 0 radical (unpaired) electrons. The topological polar surface area (TPSA) is 102 Å². The Hall–Kier alpha value is -2.36. The molecule has 0 saturated carbocycles. The van der Waals surface area contributed by atoms with Gasteiger partial charge in [0.25, 0.3) is 5.56 Å². The van der Waals surface area contributed by atoms with E-state index in [1.165, 1.54) is 4.68 Å². The molecular formula is C15H18ClN7O2. The molecule has 1 atom stereocenters. The summed E-state index contributed by atoms with van der Waals surface area (Å²) in [7, 11) is 2.03. The normalized spacial score (nSPS) is 18.2. The monoisotopic (exact) mass is 363 g/mol. The molecule has 1 unspecified atom stereocenters. The van der Waals surface area contributed by atoms with Crippen LogP contribution in [0.25, 0.3) is 10.9 Å². The van der Waals surface area contributed by atoms with E-state index < -0.39 is 0 Å². The smallest absolute Gasteiger partial charge is 0.278 e. The van der Waals surface area contributed by atoms with Crippen LogP contribution in [0.4, 0.5) is 0 Å². The van der Waals surface area contributed by atoms with Crippen molar-refractivity contribution in [1.29, 1.82) is 0 Å². The Morgan fingerprint density at radius 2 is 2.20 bits per heavy atom. The number of nitrogens with one attached hydrogen (secondary N) is 1. The van der Waals surface area contributed by atoms with Crippen LogP contribution < -0.4 is 10.9 Å².